The fourth-order valence-electron chi connectivity index (χ4n) is 1.45. The van der Waals surface area contributed by atoms with Crippen LogP contribution >= 0.6 is 0 Å². The fraction of sp³-hybridized carbons (Fsp3) is 0.333. The second-order valence-electron chi connectivity index (χ2n) is 2.99. The van der Waals surface area contributed by atoms with Gasteiger partial charge in [0.1, 0.15) is 0 Å². The Kier molecular flexibility index (Phi) is 3.13. The van der Waals surface area contributed by atoms with Crippen molar-refractivity contribution in [3.05, 3.63) is 35.5 Å². The van der Waals surface area contributed by atoms with Gasteiger partial charge in [-0.1, -0.05) is 32.0 Å². The van der Waals surface area contributed by atoms with E-state index in [0.29, 0.717) is 0 Å². The highest BCUT2D eigenvalue weighted by Gasteiger charge is 1.97. The van der Waals surface area contributed by atoms with Gasteiger partial charge in [0, 0.05) is 12.6 Å². The molecule has 1 heteroatoms. The van der Waals surface area contributed by atoms with Crippen LogP contribution in [0.25, 0.3) is 10.9 Å². The highest BCUT2D eigenvalue weighted by molar-refractivity contribution is 5.83. The molecule has 72 valence electrons. The number of hydrogen-bond acceptors (Lipinski definition) is 0. The standard InChI is InChI=1S/C10H11N.C2H6.H2/c1-7-4-3-5-9-6-8(2)11-10(7)9;1-2;/h3-6,11H,1-2H3;1-2H3;1H. The van der Waals surface area contributed by atoms with Crippen molar-refractivity contribution in [2.45, 2.75) is 27.7 Å². The van der Waals surface area contributed by atoms with Gasteiger partial charge < -0.3 is 4.98 Å². The van der Waals surface area contributed by atoms with E-state index in [1.54, 1.807) is 0 Å². The molecular formula is C12H19N. The lowest BCUT2D eigenvalue weighted by molar-refractivity contribution is 1.29. The van der Waals surface area contributed by atoms with Gasteiger partial charge in [0.05, 0.1) is 0 Å². The molecule has 0 saturated heterocycles. The highest BCUT2D eigenvalue weighted by Crippen LogP contribution is 2.17. The van der Waals surface area contributed by atoms with E-state index >= 15 is 0 Å². The smallest absolute Gasteiger partial charge is 0.0485 e. The van der Waals surface area contributed by atoms with Gasteiger partial charge in [0.25, 0.3) is 0 Å². The molecule has 1 aromatic carbocycles. The minimum absolute atomic E-state index is 0. The van der Waals surface area contributed by atoms with E-state index in [4.69, 9.17) is 0 Å². The maximum absolute atomic E-state index is 3.33. The first-order valence-corrected chi connectivity index (χ1v) is 4.82. The molecule has 0 bridgehead atoms. The minimum atomic E-state index is 0. The van der Waals surface area contributed by atoms with Crippen molar-refractivity contribution in [3.63, 3.8) is 0 Å². The first-order chi connectivity index (χ1) is 6.27. The summed E-state index contributed by atoms with van der Waals surface area (Å²) in [6.45, 7) is 8.21. The zero-order valence-corrected chi connectivity index (χ0v) is 8.81. The Morgan fingerprint density at radius 1 is 1.15 bits per heavy atom. The van der Waals surface area contributed by atoms with Crippen LogP contribution in [-0.4, -0.2) is 4.98 Å². The number of fused-ring (bicyclic) bond motifs is 1. The lowest BCUT2D eigenvalue weighted by atomic mass is 10.2. The Morgan fingerprint density at radius 2 is 1.85 bits per heavy atom. The number of benzene rings is 1. The molecule has 2 rings (SSSR count). The van der Waals surface area contributed by atoms with Crippen LogP contribution < -0.4 is 0 Å². The van der Waals surface area contributed by atoms with Gasteiger partial charge in [-0.15, -0.1) is 0 Å². The quantitative estimate of drug-likeness (QED) is 0.624. The van der Waals surface area contributed by atoms with E-state index in [1.165, 1.54) is 22.2 Å². The van der Waals surface area contributed by atoms with Gasteiger partial charge in [0.2, 0.25) is 0 Å². The molecule has 0 saturated carbocycles. The fourth-order valence-corrected chi connectivity index (χ4v) is 1.45. The Balaban J connectivity index is 0.000000531. The van der Waals surface area contributed by atoms with E-state index < -0.39 is 0 Å². The molecule has 0 aliphatic heterocycles. The SMILES string of the molecule is CC.Cc1cc2cccc(C)c2[nH]1.[HH]. The molecule has 0 aliphatic carbocycles. The van der Waals surface area contributed by atoms with Crippen LogP contribution in [0, 0.1) is 13.8 Å². The summed E-state index contributed by atoms with van der Waals surface area (Å²) in [7, 11) is 0. The molecule has 0 aliphatic rings. The van der Waals surface area contributed by atoms with E-state index in [2.05, 4.69) is 43.1 Å². The number of rotatable bonds is 0. The zero-order valence-electron chi connectivity index (χ0n) is 8.81. The molecular weight excluding hydrogens is 158 g/mol. The molecule has 1 N–H and O–H groups in total. The van der Waals surface area contributed by atoms with Crippen molar-refractivity contribution in [2.75, 3.05) is 0 Å². The summed E-state index contributed by atoms with van der Waals surface area (Å²) in [5.41, 5.74) is 3.81. The van der Waals surface area contributed by atoms with Crippen LogP contribution in [0.15, 0.2) is 24.3 Å². The average molecular weight is 177 g/mol. The Bertz CT molecular complexity index is 390. The summed E-state index contributed by atoms with van der Waals surface area (Å²) in [5, 5.41) is 1.31. The molecule has 0 spiro atoms. The van der Waals surface area contributed by atoms with E-state index in [1.807, 2.05) is 13.8 Å². The molecule has 1 heterocycles. The second-order valence-corrected chi connectivity index (χ2v) is 2.99. The van der Waals surface area contributed by atoms with E-state index in [0.717, 1.165) is 0 Å². The summed E-state index contributed by atoms with van der Waals surface area (Å²) in [5.74, 6) is 0. The third-order valence-electron chi connectivity index (χ3n) is 2.00. The van der Waals surface area contributed by atoms with Crippen molar-refractivity contribution in [3.8, 4) is 0 Å². The molecule has 0 atom stereocenters. The molecule has 1 nitrogen and oxygen atoms in total. The van der Waals surface area contributed by atoms with Crippen molar-refractivity contribution >= 4 is 10.9 Å². The van der Waals surface area contributed by atoms with Crippen molar-refractivity contribution < 1.29 is 1.43 Å². The normalized spacial score (nSPS) is 9.54. The number of aryl methyl sites for hydroxylation is 2. The summed E-state index contributed by atoms with van der Waals surface area (Å²) >= 11 is 0. The van der Waals surface area contributed by atoms with Gasteiger partial charge in [-0.05, 0) is 30.9 Å². The number of aromatic nitrogens is 1. The number of aromatic amines is 1. The van der Waals surface area contributed by atoms with Gasteiger partial charge in [0.15, 0.2) is 0 Å². The Hall–Kier alpha value is -1.24. The van der Waals surface area contributed by atoms with Crippen molar-refractivity contribution in [1.82, 2.24) is 4.98 Å². The van der Waals surface area contributed by atoms with Crippen LogP contribution in [0.3, 0.4) is 0 Å². The number of para-hydroxylation sites is 1. The van der Waals surface area contributed by atoms with E-state index in [9.17, 15) is 0 Å². The third-order valence-corrected chi connectivity index (χ3v) is 2.00. The molecule has 2 aromatic rings. The van der Waals surface area contributed by atoms with Crippen molar-refractivity contribution in [2.24, 2.45) is 0 Å². The number of nitrogens with one attached hydrogen (secondary N) is 1. The maximum Gasteiger partial charge on any atom is 0.0485 e. The van der Waals surface area contributed by atoms with Crippen LogP contribution in [0.1, 0.15) is 26.5 Å². The maximum atomic E-state index is 3.33. The molecule has 13 heavy (non-hydrogen) atoms. The van der Waals surface area contributed by atoms with Gasteiger partial charge in [-0.2, -0.15) is 0 Å². The van der Waals surface area contributed by atoms with Gasteiger partial charge in [-0.3, -0.25) is 0 Å². The predicted molar refractivity (Wildman–Crippen MR) is 61.2 cm³/mol. The Labute approximate surface area is 81.3 Å². The number of H-pyrrole nitrogens is 1. The summed E-state index contributed by atoms with van der Waals surface area (Å²) in [6, 6.07) is 8.51. The highest BCUT2D eigenvalue weighted by atomic mass is 14.7. The molecule has 0 amide bonds. The van der Waals surface area contributed by atoms with Crippen LogP contribution in [-0.2, 0) is 0 Å². The van der Waals surface area contributed by atoms with Gasteiger partial charge >= 0.3 is 0 Å². The Morgan fingerprint density at radius 3 is 2.46 bits per heavy atom. The average Bonchev–Trinajstić information content (AvgIpc) is 2.51. The summed E-state index contributed by atoms with van der Waals surface area (Å²) < 4.78 is 0. The number of hydrogen-bond donors (Lipinski definition) is 1. The van der Waals surface area contributed by atoms with Crippen LogP contribution in [0.5, 0.6) is 0 Å². The van der Waals surface area contributed by atoms with Crippen molar-refractivity contribution in [1.29, 1.82) is 0 Å². The van der Waals surface area contributed by atoms with Crippen LogP contribution in [0.2, 0.25) is 0 Å². The molecule has 0 fully saturated rings. The first kappa shape index (κ1) is 9.85. The zero-order chi connectivity index (χ0) is 9.84. The summed E-state index contributed by atoms with van der Waals surface area (Å²) in [6.07, 6.45) is 0. The minimum Gasteiger partial charge on any atom is -0.358 e. The van der Waals surface area contributed by atoms with E-state index in [-0.39, 0.29) is 1.43 Å². The first-order valence-electron chi connectivity index (χ1n) is 4.82. The third kappa shape index (κ3) is 1.92. The largest absolute Gasteiger partial charge is 0.358 e. The second kappa shape index (κ2) is 4.13. The lowest BCUT2D eigenvalue weighted by Gasteiger charge is -1.92. The topological polar surface area (TPSA) is 15.8 Å². The predicted octanol–water partition coefficient (Wildman–Crippen LogP) is 4.06. The molecule has 1 aromatic heterocycles. The lowest BCUT2D eigenvalue weighted by Crippen LogP contribution is -1.74. The van der Waals surface area contributed by atoms with Crippen LogP contribution in [0.4, 0.5) is 0 Å². The summed E-state index contributed by atoms with van der Waals surface area (Å²) in [4.78, 5) is 3.33. The molecule has 0 unspecified atom stereocenters. The van der Waals surface area contributed by atoms with Gasteiger partial charge in [-0.25, -0.2) is 0 Å². The molecule has 0 radical (unpaired) electrons. The monoisotopic (exact) mass is 177 g/mol.